The molecule has 2 aromatic carbocycles. The number of alkyl halides is 1. The number of carbonyl (C=O) groups is 3. The van der Waals surface area contributed by atoms with Crippen LogP contribution < -0.4 is 0 Å². The molecule has 6 nitrogen and oxygen atoms in total. The monoisotopic (exact) mass is 467 g/mol. The molecule has 0 saturated carbocycles. The third-order valence-corrected chi connectivity index (χ3v) is 6.80. The van der Waals surface area contributed by atoms with Gasteiger partial charge in [0.25, 0.3) is 11.8 Å². The Morgan fingerprint density at radius 3 is 2.33 bits per heavy atom. The molecule has 3 amide bonds. The zero-order valence-corrected chi connectivity index (χ0v) is 19.1. The first-order valence-electron chi connectivity index (χ1n) is 10.7. The maximum absolute atomic E-state index is 14.4. The predicted molar refractivity (Wildman–Crippen MR) is 120 cm³/mol. The van der Waals surface area contributed by atoms with Crippen molar-refractivity contribution >= 4 is 29.3 Å². The molecule has 0 aromatic heterocycles. The smallest absolute Gasteiger partial charge is 0.262 e. The van der Waals surface area contributed by atoms with Crippen LogP contribution in [0.1, 0.15) is 59.0 Å². The summed E-state index contributed by atoms with van der Waals surface area (Å²) in [4.78, 5) is 42.0. The summed E-state index contributed by atoms with van der Waals surface area (Å²) in [6.07, 6.45) is 1.06. The van der Waals surface area contributed by atoms with Gasteiger partial charge in [-0.3, -0.25) is 19.3 Å². The molecule has 8 heteroatoms. The molecule has 4 rings (SSSR count). The van der Waals surface area contributed by atoms with Crippen molar-refractivity contribution in [2.24, 2.45) is 5.41 Å². The summed E-state index contributed by atoms with van der Waals surface area (Å²) in [5.74, 6) is -2.08. The van der Waals surface area contributed by atoms with Crippen molar-refractivity contribution in [2.45, 2.75) is 44.8 Å². The van der Waals surface area contributed by atoms with Gasteiger partial charge in [-0.25, -0.2) is 4.39 Å². The number of carbonyl (C=O) groups excluding carboxylic acids is 3. The number of imide groups is 1. The molecule has 0 bridgehead atoms. The SMILES string of the molecule is CC(C)(C#N)[C@H]1CC[C@@H](c2cccc(Cl)c2)N1C(=O)C(CF)N1C(=O)c2ccccc2C1=O. The van der Waals surface area contributed by atoms with Crippen LogP contribution in [-0.4, -0.2) is 46.3 Å². The van der Waals surface area contributed by atoms with Gasteiger partial charge in [0.05, 0.1) is 34.7 Å². The molecule has 1 saturated heterocycles. The highest BCUT2D eigenvalue weighted by molar-refractivity contribution is 6.30. The third-order valence-electron chi connectivity index (χ3n) is 6.56. The predicted octanol–water partition coefficient (Wildman–Crippen LogP) is 4.56. The Morgan fingerprint density at radius 1 is 1.15 bits per heavy atom. The van der Waals surface area contributed by atoms with Gasteiger partial charge in [0.15, 0.2) is 0 Å². The summed E-state index contributed by atoms with van der Waals surface area (Å²) in [5.41, 5.74) is 0.129. The number of nitrogens with zero attached hydrogens (tertiary/aromatic N) is 3. The lowest BCUT2D eigenvalue weighted by Crippen LogP contribution is -2.55. The van der Waals surface area contributed by atoms with Crippen LogP contribution in [0.4, 0.5) is 4.39 Å². The standard InChI is InChI=1S/C25H23ClFN3O3/c1-25(2,14-28)21-11-10-19(15-6-5-7-16(26)12-15)29(21)24(33)20(13-27)30-22(31)17-8-3-4-9-18(17)23(30)32/h3-9,12,19-21H,10-11,13H2,1-2H3/t19-,20?,21+/m0/s1. The first kappa shape index (κ1) is 22.9. The summed E-state index contributed by atoms with van der Waals surface area (Å²) in [5, 5.41) is 10.3. The summed E-state index contributed by atoms with van der Waals surface area (Å²) in [6.45, 7) is 2.23. The number of hydrogen-bond acceptors (Lipinski definition) is 4. The quantitative estimate of drug-likeness (QED) is 0.604. The van der Waals surface area contributed by atoms with E-state index in [1.807, 2.05) is 6.07 Å². The average molecular weight is 468 g/mol. The van der Waals surface area contributed by atoms with Crippen molar-refractivity contribution in [1.29, 1.82) is 5.26 Å². The lowest BCUT2D eigenvalue weighted by Gasteiger charge is -2.39. The minimum absolute atomic E-state index is 0.149. The van der Waals surface area contributed by atoms with Gasteiger partial charge in [-0.15, -0.1) is 0 Å². The Bertz CT molecular complexity index is 1140. The van der Waals surface area contributed by atoms with Crippen LogP contribution in [-0.2, 0) is 4.79 Å². The second-order valence-electron chi connectivity index (χ2n) is 8.94. The summed E-state index contributed by atoms with van der Waals surface area (Å²) < 4.78 is 14.4. The molecule has 170 valence electrons. The Morgan fingerprint density at radius 2 is 1.79 bits per heavy atom. The number of nitriles is 1. The molecule has 33 heavy (non-hydrogen) atoms. The van der Waals surface area contributed by atoms with Crippen molar-refractivity contribution in [3.8, 4) is 6.07 Å². The van der Waals surface area contributed by atoms with Crippen molar-refractivity contribution in [2.75, 3.05) is 6.67 Å². The van der Waals surface area contributed by atoms with Gasteiger partial charge in [0.2, 0.25) is 5.91 Å². The van der Waals surface area contributed by atoms with Crippen molar-refractivity contribution < 1.29 is 18.8 Å². The Balaban J connectivity index is 1.75. The highest BCUT2D eigenvalue weighted by Crippen LogP contribution is 2.44. The van der Waals surface area contributed by atoms with E-state index in [-0.39, 0.29) is 11.1 Å². The lowest BCUT2D eigenvalue weighted by atomic mass is 9.84. The van der Waals surface area contributed by atoms with E-state index in [2.05, 4.69) is 6.07 Å². The van der Waals surface area contributed by atoms with Crippen LogP contribution >= 0.6 is 11.6 Å². The molecule has 1 fully saturated rings. The number of rotatable bonds is 5. The van der Waals surface area contributed by atoms with E-state index in [4.69, 9.17) is 11.6 Å². The molecular formula is C25H23ClFN3O3. The van der Waals surface area contributed by atoms with E-state index >= 15 is 0 Å². The van der Waals surface area contributed by atoms with Crippen LogP contribution in [0, 0.1) is 16.7 Å². The van der Waals surface area contributed by atoms with Gasteiger partial charge in [-0.05, 0) is 56.5 Å². The Hall–Kier alpha value is -3.24. The topological polar surface area (TPSA) is 81.5 Å². The second kappa shape index (κ2) is 8.60. The van der Waals surface area contributed by atoms with E-state index < -0.39 is 47.9 Å². The molecule has 0 aliphatic carbocycles. The van der Waals surface area contributed by atoms with Crippen LogP contribution in [0.2, 0.25) is 5.02 Å². The van der Waals surface area contributed by atoms with Crippen molar-refractivity contribution in [3.05, 3.63) is 70.2 Å². The molecule has 0 spiro atoms. The Kier molecular flexibility index (Phi) is 5.98. The number of fused-ring (bicyclic) bond motifs is 1. The highest BCUT2D eigenvalue weighted by Gasteiger charge is 2.50. The van der Waals surface area contributed by atoms with Crippen LogP contribution in [0.25, 0.3) is 0 Å². The molecule has 2 aliphatic heterocycles. The van der Waals surface area contributed by atoms with Crippen LogP contribution in [0.5, 0.6) is 0 Å². The highest BCUT2D eigenvalue weighted by atomic mass is 35.5. The van der Waals surface area contributed by atoms with E-state index in [0.29, 0.717) is 17.9 Å². The first-order valence-corrected chi connectivity index (χ1v) is 11.1. The number of hydrogen-bond donors (Lipinski definition) is 0. The molecule has 2 aromatic rings. The fourth-order valence-electron chi connectivity index (χ4n) is 4.85. The number of amides is 3. The van der Waals surface area contributed by atoms with Crippen molar-refractivity contribution in [1.82, 2.24) is 9.80 Å². The van der Waals surface area contributed by atoms with Crippen LogP contribution in [0.3, 0.4) is 0 Å². The largest absolute Gasteiger partial charge is 0.329 e. The molecule has 3 atom stereocenters. The molecule has 0 N–H and O–H groups in total. The molecule has 0 radical (unpaired) electrons. The van der Waals surface area contributed by atoms with Gasteiger partial charge in [0, 0.05) is 5.02 Å². The third kappa shape index (κ3) is 3.79. The second-order valence-corrected chi connectivity index (χ2v) is 9.38. The summed E-state index contributed by atoms with van der Waals surface area (Å²) >= 11 is 6.17. The number of halogens is 2. The molecule has 2 heterocycles. The van der Waals surface area contributed by atoms with Gasteiger partial charge in [-0.1, -0.05) is 35.9 Å². The van der Waals surface area contributed by atoms with E-state index in [0.717, 1.165) is 10.5 Å². The van der Waals surface area contributed by atoms with E-state index in [9.17, 15) is 24.0 Å². The summed E-state index contributed by atoms with van der Waals surface area (Å²) in [7, 11) is 0. The fraction of sp³-hybridized carbons (Fsp3) is 0.360. The number of benzene rings is 2. The van der Waals surface area contributed by atoms with Crippen molar-refractivity contribution in [3.63, 3.8) is 0 Å². The van der Waals surface area contributed by atoms with Gasteiger partial charge < -0.3 is 4.90 Å². The molecular weight excluding hydrogens is 445 g/mol. The van der Waals surface area contributed by atoms with Gasteiger partial charge >= 0.3 is 0 Å². The van der Waals surface area contributed by atoms with Gasteiger partial charge in [-0.2, -0.15) is 5.26 Å². The maximum Gasteiger partial charge on any atom is 0.262 e. The zero-order valence-electron chi connectivity index (χ0n) is 18.3. The minimum atomic E-state index is -1.62. The molecule has 1 unspecified atom stereocenters. The fourth-order valence-corrected chi connectivity index (χ4v) is 5.05. The molecule has 2 aliphatic rings. The van der Waals surface area contributed by atoms with E-state index in [1.54, 1.807) is 44.2 Å². The summed E-state index contributed by atoms with van der Waals surface area (Å²) in [6, 6.07) is 12.9. The first-order chi connectivity index (χ1) is 15.7. The van der Waals surface area contributed by atoms with Gasteiger partial charge in [0.1, 0.15) is 12.7 Å². The average Bonchev–Trinajstić information content (AvgIpc) is 3.36. The lowest BCUT2D eigenvalue weighted by molar-refractivity contribution is -0.140. The minimum Gasteiger partial charge on any atom is -0.329 e. The maximum atomic E-state index is 14.4. The normalized spacial score (nSPS) is 21.2. The van der Waals surface area contributed by atoms with E-state index in [1.165, 1.54) is 17.0 Å². The Labute approximate surface area is 196 Å². The van der Waals surface area contributed by atoms with Crippen LogP contribution in [0.15, 0.2) is 48.5 Å². The number of likely N-dealkylation sites (tertiary alicyclic amines) is 1. The zero-order chi connectivity index (χ0) is 23.9.